The van der Waals surface area contributed by atoms with Gasteiger partial charge in [-0.05, 0) is 90.6 Å². The van der Waals surface area contributed by atoms with Crippen LogP contribution in [0.4, 0.5) is 0 Å². The Hall–Kier alpha value is -1.54. The van der Waals surface area contributed by atoms with E-state index in [2.05, 4.69) is 47.8 Å². The van der Waals surface area contributed by atoms with Crippen molar-refractivity contribution in [2.75, 3.05) is 6.61 Å². The highest BCUT2D eigenvalue weighted by molar-refractivity contribution is 9.11. The number of ether oxygens (including phenoxy) is 3. The van der Waals surface area contributed by atoms with E-state index in [-0.39, 0.29) is 6.61 Å². The van der Waals surface area contributed by atoms with E-state index >= 15 is 0 Å². The van der Waals surface area contributed by atoms with Crippen molar-refractivity contribution < 1.29 is 19.3 Å². The maximum Gasteiger partial charge on any atom is 0.149 e. The van der Waals surface area contributed by atoms with Crippen LogP contribution in [-0.2, 0) is 5.41 Å². The van der Waals surface area contributed by atoms with Crippen molar-refractivity contribution in [1.29, 1.82) is 0 Å². The lowest BCUT2D eigenvalue weighted by Crippen LogP contribution is -2.39. The lowest BCUT2D eigenvalue weighted by molar-refractivity contribution is 0.239. The average Bonchev–Trinajstić information content (AvgIpc) is 2.69. The van der Waals surface area contributed by atoms with Crippen molar-refractivity contribution >= 4 is 47.8 Å². The number of benzene rings is 3. The first-order valence-electron chi connectivity index (χ1n) is 8.69. The summed E-state index contributed by atoms with van der Waals surface area (Å²) in [5.41, 5.74) is 2.11. The molecule has 0 fully saturated rings. The molecule has 3 aromatic carbocycles. The lowest BCUT2D eigenvalue weighted by Gasteiger charge is -2.48. The summed E-state index contributed by atoms with van der Waals surface area (Å²) in [6.45, 7) is 0.00216. The molecule has 0 aromatic heterocycles. The first-order chi connectivity index (χ1) is 13.6. The van der Waals surface area contributed by atoms with Gasteiger partial charge in [0.05, 0.1) is 35.5 Å². The van der Waals surface area contributed by atoms with Crippen molar-refractivity contribution in [3.63, 3.8) is 0 Å². The van der Waals surface area contributed by atoms with Crippen LogP contribution in [0.25, 0.3) is 0 Å². The zero-order valence-electron chi connectivity index (χ0n) is 14.2. The van der Waals surface area contributed by atoms with Crippen LogP contribution in [0, 0.1) is 0 Å². The van der Waals surface area contributed by atoms with E-state index < -0.39 is 5.41 Å². The van der Waals surface area contributed by atoms with Crippen molar-refractivity contribution in [1.82, 2.24) is 0 Å². The Morgan fingerprint density at radius 2 is 1.07 bits per heavy atom. The molecule has 0 spiro atoms. The molecule has 0 amide bonds. The summed E-state index contributed by atoms with van der Waals surface area (Å²) in [4.78, 5) is 0. The van der Waals surface area contributed by atoms with Crippen LogP contribution in [0.2, 0.25) is 0 Å². The molecule has 1 unspecified atom stereocenters. The molecule has 3 aliphatic rings. The van der Waals surface area contributed by atoms with Gasteiger partial charge >= 0.3 is 0 Å². The molecule has 1 N–H and O–H groups in total. The van der Waals surface area contributed by atoms with E-state index in [1.807, 2.05) is 36.4 Å². The summed E-state index contributed by atoms with van der Waals surface area (Å²) in [6.07, 6.45) is 0.479. The molecule has 0 saturated heterocycles. The lowest BCUT2D eigenvalue weighted by atomic mass is 9.63. The predicted octanol–water partition coefficient (Wildman–Crippen LogP) is 7.01. The van der Waals surface area contributed by atoms with Gasteiger partial charge < -0.3 is 19.3 Å². The molecule has 0 saturated carbocycles. The zero-order valence-corrected chi connectivity index (χ0v) is 18.9. The molecule has 140 valence electrons. The molecule has 28 heavy (non-hydrogen) atoms. The van der Waals surface area contributed by atoms with Gasteiger partial charge in [0.15, 0.2) is 0 Å². The Balaban J connectivity index is 1.87. The van der Waals surface area contributed by atoms with Crippen LogP contribution < -0.4 is 14.2 Å². The van der Waals surface area contributed by atoms with Crippen LogP contribution in [0.1, 0.15) is 23.1 Å². The van der Waals surface area contributed by atoms with Crippen molar-refractivity contribution in [3.05, 3.63) is 66.5 Å². The summed E-state index contributed by atoms with van der Waals surface area (Å²) in [5.74, 6) is 4.29. The molecule has 3 aliphatic heterocycles. The number of halogens is 3. The van der Waals surface area contributed by atoms with Crippen LogP contribution in [-0.4, -0.2) is 11.7 Å². The Bertz CT molecular complexity index is 1160. The molecule has 6 rings (SSSR count). The monoisotopic (exact) mass is 564 g/mol. The van der Waals surface area contributed by atoms with Crippen LogP contribution in [0.5, 0.6) is 34.5 Å². The van der Waals surface area contributed by atoms with Crippen molar-refractivity contribution in [2.24, 2.45) is 0 Å². The van der Waals surface area contributed by atoms with Gasteiger partial charge in [0.25, 0.3) is 0 Å². The van der Waals surface area contributed by atoms with Gasteiger partial charge in [-0.3, -0.25) is 0 Å². The number of rotatable bonds is 2. The quantitative estimate of drug-likeness (QED) is 0.284. The van der Waals surface area contributed by atoms with Gasteiger partial charge in [0.1, 0.15) is 34.5 Å². The fourth-order valence-electron chi connectivity index (χ4n) is 4.63. The Morgan fingerprint density at radius 1 is 0.643 bits per heavy atom. The highest BCUT2D eigenvalue weighted by Gasteiger charge is 2.56. The zero-order chi connectivity index (χ0) is 19.2. The summed E-state index contributed by atoms with van der Waals surface area (Å²) < 4.78 is 21.5. The summed E-state index contributed by atoms with van der Waals surface area (Å²) in [5, 5.41) is 10.2. The molecule has 0 bridgehead atoms. The van der Waals surface area contributed by atoms with Gasteiger partial charge in [-0.25, -0.2) is 0 Å². The maximum atomic E-state index is 10.2. The summed E-state index contributed by atoms with van der Waals surface area (Å²) in [6, 6.07) is 11.6. The van der Waals surface area contributed by atoms with Crippen LogP contribution in [0.3, 0.4) is 0 Å². The van der Waals surface area contributed by atoms with Gasteiger partial charge in [-0.1, -0.05) is 0 Å². The Morgan fingerprint density at radius 3 is 1.54 bits per heavy atom. The SMILES string of the molecule is OCCC12c3c4ccc(Br)c3Oc3ccc(Br)c(c31)Oc1c(Br)ccc(c12)O4. The van der Waals surface area contributed by atoms with E-state index in [9.17, 15) is 5.11 Å². The Kier molecular flexibility index (Phi) is 3.56. The molecule has 7 heteroatoms. The molecule has 0 aliphatic carbocycles. The second kappa shape index (κ2) is 5.75. The van der Waals surface area contributed by atoms with E-state index in [1.54, 1.807) is 0 Å². The summed E-state index contributed by atoms with van der Waals surface area (Å²) >= 11 is 10.9. The van der Waals surface area contributed by atoms with E-state index in [0.29, 0.717) is 23.7 Å². The molecular formula is C21H11Br3O4. The minimum Gasteiger partial charge on any atom is -0.456 e. The average molecular weight is 567 g/mol. The van der Waals surface area contributed by atoms with E-state index in [1.165, 1.54) is 0 Å². The first-order valence-corrected chi connectivity index (χ1v) is 11.1. The predicted molar refractivity (Wildman–Crippen MR) is 114 cm³/mol. The number of aliphatic hydroxyl groups excluding tert-OH is 1. The molecule has 4 nitrogen and oxygen atoms in total. The van der Waals surface area contributed by atoms with Crippen LogP contribution in [0.15, 0.2) is 49.8 Å². The highest BCUT2D eigenvalue weighted by atomic mass is 79.9. The first kappa shape index (κ1) is 17.3. The maximum absolute atomic E-state index is 10.2. The van der Waals surface area contributed by atoms with E-state index in [0.717, 1.165) is 47.4 Å². The third-order valence-corrected chi connectivity index (χ3v) is 7.49. The second-order valence-electron chi connectivity index (χ2n) is 6.93. The van der Waals surface area contributed by atoms with E-state index in [4.69, 9.17) is 14.2 Å². The Labute approximate surface area is 185 Å². The molecule has 1 atom stereocenters. The molecular weight excluding hydrogens is 556 g/mol. The minimum atomic E-state index is -0.638. The minimum absolute atomic E-state index is 0.00216. The fraction of sp³-hybridized carbons (Fsp3) is 0.143. The topological polar surface area (TPSA) is 47.9 Å². The van der Waals surface area contributed by atoms with Gasteiger partial charge in [0, 0.05) is 6.61 Å². The molecule has 3 heterocycles. The third kappa shape index (κ3) is 1.93. The largest absolute Gasteiger partial charge is 0.456 e. The second-order valence-corrected chi connectivity index (χ2v) is 9.50. The number of hydrogen-bond donors (Lipinski definition) is 1. The molecule has 3 aromatic rings. The number of aliphatic hydroxyl groups is 1. The van der Waals surface area contributed by atoms with Crippen molar-refractivity contribution in [3.8, 4) is 34.5 Å². The van der Waals surface area contributed by atoms with Crippen LogP contribution >= 0.6 is 47.8 Å². The standard InChI is InChI=1S/C21H11Br3O4/c22-9-1-4-12-15-18(9)27-14-6-3-11(24)20-17(14)21(15,7-8-25)16-13(26-12)5-2-10(23)19(16)28-20/h1-6,25H,7-8H2. The smallest absolute Gasteiger partial charge is 0.149 e. The van der Waals surface area contributed by atoms with Gasteiger partial charge in [-0.15, -0.1) is 0 Å². The van der Waals surface area contributed by atoms with Gasteiger partial charge in [0.2, 0.25) is 0 Å². The number of hydrogen-bond acceptors (Lipinski definition) is 4. The normalized spacial score (nSPS) is 19.3. The highest BCUT2D eigenvalue weighted by Crippen LogP contribution is 2.69. The van der Waals surface area contributed by atoms with Crippen molar-refractivity contribution in [2.45, 2.75) is 11.8 Å². The third-order valence-electron chi connectivity index (χ3n) is 5.62. The van der Waals surface area contributed by atoms with Gasteiger partial charge in [-0.2, -0.15) is 0 Å². The fourth-order valence-corrected chi connectivity index (χ4v) is 5.87. The molecule has 0 radical (unpaired) electrons. The summed E-state index contributed by atoms with van der Waals surface area (Å²) in [7, 11) is 0.